The molecule has 6 heteroatoms. The molecular weight excluding hydrogens is 320 g/mol. The van der Waals surface area contributed by atoms with Crippen LogP contribution in [0, 0.1) is 6.92 Å². The Labute approximate surface area is 146 Å². The van der Waals surface area contributed by atoms with Crippen LogP contribution in [0.3, 0.4) is 0 Å². The SMILES string of the molecule is Cc1cc(C2CN(C(=O)Cc3ccccc3OC3CCOC3)C2)no1. The van der Waals surface area contributed by atoms with Crippen LogP contribution < -0.4 is 4.74 Å². The van der Waals surface area contributed by atoms with Crippen LogP contribution in [0.4, 0.5) is 0 Å². The molecule has 0 N–H and O–H groups in total. The van der Waals surface area contributed by atoms with Crippen molar-refractivity contribution in [2.24, 2.45) is 0 Å². The summed E-state index contributed by atoms with van der Waals surface area (Å²) in [6.07, 6.45) is 1.33. The molecule has 0 aliphatic carbocycles. The van der Waals surface area contributed by atoms with Gasteiger partial charge < -0.3 is 18.9 Å². The van der Waals surface area contributed by atoms with Crippen molar-refractivity contribution in [1.82, 2.24) is 10.1 Å². The molecule has 1 aromatic carbocycles. The number of hydrogen-bond donors (Lipinski definition) is 0. The number of nitrogens with zero attached hydrogens (tertiary/aromatic N) is 2. The van der Waals surface area contributed by atoms with Gasteiger partial charge in [-0.15, -0.1) is 0 Å². The van der Waals surface area contributed by atoms with Crippen molar-refractivity contribution in [3.8, 4) is 5.75 Å². The standard InChI is InChI=1S/C19H22N2O4/c1-13-8-17(20-25-13)15-10-21(11-15)19(22)9-14-4-2-3-5-18(14)24-16-6-7-23-12-16/h2-5,8,15-16H,6-7,9-12H2,1H3. The monoisotopic (exact) mass is 342 g/mol. The molecule has 132 valence electrons. The summed E-state index contributed by atoms with van der Waals surface area (Å²) in [5, 5.41) is 4.04. The lowest BCUT2D eigenvalue weighted by Crippen LogP contribution is -2.49. The molecule has 3 heterocycles. The molecule has 0 saturated carbocycles. The molecule has 2 fully saturated rings. The highest BCUT2D eigenvalue weighted by Crippen LogP contribution is 2.28. The predicted molar refractivity (Wildman–Crippen MR) is 90.6 cm³/mol. The summed E-state index contributed by atoms with van der Waals surface area (Å²) >= 11 is 0. The lowest BCUT2D eigenvalue weighted by Gasteiger charge is -2.38. The second kappa shape index (κ2) is 6.88. The molecule has 1 atom stereocenters. The summed E-state index contributed by atoms with van der Waals surface area (Å²) in [6, 6.07) is 9.71. The predicted octanol–water partition coefficient (Wildman–Crippen LogP) is 2.32. The van der Waals surface area contributed by atoms with E-state index in [0.29, 0.717) is 26.1 Å². The molecular formula is C19H22N2O4. The topological polar surface area (TPSA) is 64.8 Å². The van der Waals surface area contributed by atoms with E-state index in [1.165, 1.54) is 0 Å². The van der Waals surface area contributed by atoms with E-state index in [1.807, 2.05) is 42.2 Å². The van der Waals surface area contributed by atoms with Gasteiger partial charge in [0.1, 0.15) is 17.6 Å². The van der Waals surface area contributed by atoms with Gasteiger partial charge >= 0.3 is 0 Å². The van der Waals surface area contributed by atoms with E-state index in [2.05, 4.69) is 5.16 Å². The summed E-state index contributed by atoms with van der Waals surface area (Å²) in [5.41, 5.74) is 1.87. The first-order valence-electron chi connectivity index (χ1n) is 8.72. The normalized spacial score (nSPS) is 20.5. The average Bonchev–Trinajstić information content (AvgIpc) is 3.20. The van der Waals surface area contributed by atoms with E-state index in [-0.39, 0.29) is 17.9 Å². The lowest BCUT2D eigenvalue weighted by molar-refractivity contribution is -0.135. The number of carbonyl (C=O) groups is 1. The van der Waals surface area contributed by atoms with E-state index in [1.54, 1.807) is 0 Å². The fraction of sp³-hybridized carbons (Fsp3) is 0.474. The zero-order chi connectivity index (χ0) is 17.2. The van der Waals surface area contributed by atoms with E-state index in [9.17, 15) is 4.79 Å². The summed E-state index contributed by atoms with van der Waals surface area (Å²) < 4.78 is 16.5. The third-order valence-electron chi connectivity index (χ3n) is 4.79. The first-order valence-corrected chi connectivity index (χ1v) is 8.72. The number of hydrogen-bond acceptors (Lipinski definition) is 5. The Morgan fingerprint density at radius 2 is 2.20 bits per heavy atom. The van der Waals surface area contributed by atoms with E-state index < -0.39 is 0 Å². The minimum Gasteiger partial charge on any atom is -0.488 e. The third kappa shape index (κ3) is 3.54. The first kappa shape index (κ1) is 16.1. The van der Waals surface area contributed by atoms with Gasteiger partial charge in [-0.25, -0.2) is 0 Å². The number of amides is 1. The van der Waals surface area contributed by atoms with E-state index in [4.69, 9.17) is 14.0 Å². The second-order valence-electron chi connectivity index (χ2n) is 6.75. The maximum atomic E-state index is 12.6. The maximum Gasteiger partial charge on any atom is 0.227 e. The largest absolute Gasteiger partial charge is 0.488 e. The number of benzene rings is 1. The molecule has 0 radical (unpaired) electrons. The van der Waals surface area contributed by atoms with Crippen LogP contribution in [0.1, 0.15) is 29.4 Å². The highest BCUT2D eigenvalue weighted by molar-refractivity contribution is 5.80. The fourth-order valence-corrected chi connectivity index (χ4v) is 3.27. The van der Waals surface area contributed by atoms with Gasteiger partial charge in [-0.2, -0.15) is 0 Å². The van der Waals surface area contributed by atoms with E-state index >= 15 is 0 Å². The minimum atomic E-state index is 0.0834. The second-order valence-corrected chi connectivity index (χ2v) is 6.75. The molecule has 1 amide bonds. The molecule has 0 bridgehead atoms. The molecule has 2 aliphatic heterocycles. The smallest absolute Gasteiger partial charge is 0.227 e. The molecule has 25 heavy (non-hydrogen) atoms. The Hall–Kier alpha value is -2.34. The van der Waals surface area contributed by atoms with Crippen molar-refractivity contribution in [3.63, 3.8) is 0 Å². The van der Waals surface area contributed by atoms with Gasteiger partial charge in [-0.1, -0.05) is 23.4 Å². The molecule has 6 nitrogen and oxygen atoms in total. The molecule has 1 aromatic heterocycles. The third-order valence-corrected chi connectivity index (χ3v) is 4.79. The van der Waals surface area contributed by atoms with Crippen molar-refractivity contribution < 1.29 is 18.8 Å². The van der Waals surface area contributed by atoms with Crippen molar-refractivity contribution >= 4 is 5.91 Å². The van der Waals surface area contributed by atoms with Crippen LogP contribution in [0.25, 0.3) is 0 Å². The number of para-hydroxylation sites is 1. The Morgan fingerprint density at radius 1 is 1.36 bits per heavy atom. The van der Waals surface area contributed by atoms with Gasteiger partial charge in [0, 0.05) is 37.1 Å². The van der Waals surface area contributed by atoms with Crippen molar-refractivity contribution in [2.45, 2.75) is 31.8 Å². The fourth-order valence-electron chi connectivity index (χ4n) is 3.27. The number of aryl methyl sites for hydroxylation is 1. The molecule has 0 spiro atoms. The Morgan fingerprint density at radius 3 is 2.92 bits per heavy atom. The van der Waals surface area contributed by atoms with Crippen LogP contribution in [0.2, 0.25) is 0 Å². The average molecular weight is 342 g/mol. The Bertz CT molecular complexity index is 745. The number of ether oxygens (including phenoxy) is 2. The van der Waals surface area contributed by atoms with Crippen molar-refractivity contribution in [2.75, 3.05) is 26.3 Å². The summed E-state index contributed by atoms with van der Waals surface area (Å²) in [7, 11) is 0. The zero-order valence-electron chi connectivity index (χ0n) is 14.3. The number of aromatic nitrogens is 1. The van der Waals surface area contributed by atoms with Crippen LogP contribution in [-0.4, -0.2) is 48.4 Å². The van der Waals surface area contributed by atoms with Crippen molar-refractivity contribution in [3.05, 3.63) is 47.3 Å². The van der Waals surface area contributed by atoms with Gasteiger partial charge in [0.05, 0.1) is 25.3 Å². The number of rotatable bonds is 5. The molecule has 2 saturated heterocycles. The van der Waals surface area contributed by atoms with Crippen molar-refractivity contribution in [1.29, 1.82) is 0 Å². The number of likely N-dealkylation sites (tertiary alicyclic amines) is 1. The summed E-state index contributed by atoms with van der Waals surface area (Å²) in [6.45, 7) is 4.63. The highest BCUT2D eigenvalue weighted by atomic mass is 16.5. The van der Waals surface area contributed by atoms with Crippen LogP contribution in [-0.2, 0) is 16.0 Å². The molecule has 2 aliphatic rings. The van der Waals surface area contributed by atoms with Gasteiger partial charge in [-0.05, 0) is 13.0 Å². The van der Waals surface area contributed by atoms with Gasteiger partial charge in [0.15, 0.2) is 0 Å². The number of carbonyl (C=O) groups excluding carboxylic acids is 1. The quantitative estimate of drug-likeness (QED) is 0.834. The molecule has 4 rings (SSSR count). The van der Waals surface area contributed by atoms with Crippen LogP contribution >= 0.6 is 0 Å². The Kier molecular flexibility index (Phi) is 4.44. The molecule has 2 aromatic rings. The minimum absolute atomic E-state index is 0.0834. The molecule has 1 unspecified atom stereocenters. The lowest BCUT2D eigenvalue weighted by atomic mass is 9.95. The van der Waals surface area contributed by atoms with E-state index in [0.717, 1.165) is 35.8 Å². The summed E-state index contributed by atoms with van der Waals surface area (Å²) in [4.78, 5) is 14.4. The van der Waals surface area contributed by atoms with Gasteiger partial charge in [0.2, 0.25) is 5.91 Å². The maximum absolute atomic E-state index is 12.6. The highest BCUT2D eigenvalue weighted by Gasteiger charge is 2.33. The summed E-state index contributed by atoms with van der Waals surface area (Å²) in [5.74, 6) is 2.00. The zero-order valence-corrected chi connectivity index (χ0v) is 14.3. The van der Waals surface area contributed by atoms with Crippen LogP contribution in [0.15, 0.2) is 34.9 Å². The van der Waals surface area contributed by atoms with Gasteiger partial charge in [-0.3, -0.25) is 4.79 Å². The Balaban J connectivity index is 1.35. The van der Waals surface area contributed by atoms with Gasteiger partial charge in [0.25, 0.3) is 0 Å². The van der Waals surface area contributed by atoms with Crippen LogP contribution in [0.5, 0.6) is 5.75 Å². The first-order chi connectivity index (χ1) is 12.2.